The van der Waals surface area contributed by atoms with Crippen molar-refractivity contribution >= 4 is 5.91 Å². The fourth-order valence-corrected chi connectivity index (χ4v) is 3.28. The van der Waals surface area contributed by atoms with Gasteiger partial charge >= 0.3 is 0 Å². The zero-order valence-corrected chi connectivity index (χ0v) is 12.1. The number of hydrogen-bond donors (Lipinski definition) is 1. The van der Waals surface area contributed by atoms with Crippen molar-refractivity contribution in [3.05, 3.63) is 34.9 Å². The number of carbonyl (C=O) groups excluding carboxylic acids is 1. The van der Waals surface area contributed by atoms with E-state index < -0.39 is 0 Å². The zero-order valence-electron chi connectivity index (χ0n) is 12.1. The molecule has 3 heteroatoms. The van der Waals surface area contributed by atoms with Crippen LogP contribution in [0.4, 0.5) is 0 Å². The highest BCUT2D eigenvalue weighted by molar-refractivity contribution is 5.94. The largest absolute Gasteiger partial charge is 0.391 e. The molecule has 1 aliphatic heterocycles. The topological polar surface area (TPSA) is 40.5 Å². The van der Waals surface area contributed by atoms with E-state index in [0.29, 0.717) is 12.5 Å². The molecule has 1 amide bonds. The molecule has 1 saturated heterocycles. The minimum atomic E-state index is -0.384. The van der Waals surface area contributed by atoms with Gasteiger partial charge in [-0.05, 0) is 61.3 Å². The molecular formula is C17H23NO2. The lowest BCUT2D eigenvalue weighted by molar-refractivity contribution is 0.0248. The standard InChI is InChI=1S/C17H23NO2/c1-12-8-9-18(11-16(12)19)17(20)15-7-6-13-4-2-3-5-14(13)10-15/h6-7,10,12,16,19H,2-5,8-9,11H2,1H3. The molecule has 1 aliphatic carbocycles. The first-order valence-electron chi connectivity index (χ1n) is 7.74. The van der Waals surface area contributed by atoms with Gasteiger partial charge in [-0.25, -0.2) is 0 Å². The van der Waals surface area contributed by atoms with E-state index in [1.807, 2.05) is 13.0 Å². The number of rotatable bonds is 1. The van der Waals surface area contributed by atoms with Gasteiger partial charge < -0.3 is 10.0 Å². The maximum absolute atomic E-state index is 12.6. The average Bonchev–Trinajstić information content (AvgIpc) is 2.49. The van der Waals surface area contributed by atoms with Crippen molar-refractivity contribution in [1.29, 1.82) is 0 Å². The molecule has 0 bridgehead atoms. The van der Waals surface area contributed by atoms with Gasteiger partial charge in [-0.2, -0.15) is 0 Å². The van der Waals surface area contributed by atoms with E-state index >= 15 is 0 Å². The molecule has 1 aromatic rings. The van der Waals surface area contributed by atoms with Crippen molar-refractivity contribution in [3.63, 3.8) is 0 Å². The predicted molar refractivity (Wildman–Crippen MR) is 78.8 cm³/mol. The van der Waals surface area contributed by atoms with E-state index in [-0.39, 0.29) is 12.0 Å². The third-order valence-corrected chi connectivity index (χ3v) is 4.80. The third-order valence-electron chi connectivity index (χ3n) is 4.80. The number of benzene rings is 1. The summed E-state index contributed by atoms with van der Waals surface area (Å²) in [6.45, 7) is 3.27. The quantitative estimate of drug-likeness (QED) is 0.853. The lowest BCUT2D eigenvalue weighted by Gasteiger charge is -2.34. The van der Waals surface area contributed by atoms with Crippen LogP contribution in [-0.2, 0) is 12.8 Å². The van der Waals surface area contributed by atoms with E-state index in [2.05, 4.69) is 12.1 Å². The fourth-order valence-electron chi connectivity index (χ4n) is 3.28. The number of β-amino-alcohol motifs (C(OH)–C–C–N with tert-alkyl or cyclic N) is 1. The maximum Gasteiger partial charge on any atom is 0.253 e. The summed E-state index contributed by atoms with van der Waals surface area (Å²) in [5.41, 5.74) is 3.53. The smallest absolute Gasteiger partial charge is 0.253 e. The first-order valence-corrected chi connectivity index (χ1v) is 7.74. The molecule has 0 spiro atoms. The molecule has 3 nitrogen and oxygen atoms in total. The summed E-state index contributed by atoms with van der Waals surface area (Å²) >= 11 is 0. The number of piperidine rings is 1. The molecule has 1 aromatic carbocycles. The summed E-state index contributed by atoms with van der Waals surface area (Å²) in [5.74, 6) is 0.368. The van der Waals surface area contributed by atoms with Gasteiger partial charge in [-0.15, -0.1) is 0 Å². The minimum absolute atomic E-state index is 0.0734. The van der Waals surface area contributed by atoms with E-state index in [4.69, 9.17) is 0 Å². The van der Waals surface area contributed by atoms with Crippen LogP contribution in [0.15, 0.2) is 18.2 Å². The van der Waals surface area contributed by atoms with Crippen LogP contribution < -0.4 is 0 Å². The van der Waals surface area contributed by atoms with E-state index in [0.717, 1.165) is 31.4 Å². The minimum Gasteiger partial charge on any atom is -0.391 e. The highest BCUT2D eigenvalue weighted by atomic mass is 16.3. The van der Waals surface area contributed by atoms with Gasteiger partial charge in [-0.1, -0.05) is 13.0 Å². The monoisotopic (exact) mass is 273 g/mol. The number of aliphatic hydroxyl groups excluding tert-OH is 1. The maximum atomic E-state index is 12.6. The van der Waals surface area contributed by atoms with Crippen molar-refractivity contribution in [2.45, 2.75) is 45.1 Å². The second-order valence-corrected chi connectivity index (χ2v) is 6.28. The Bertz CT molecular complexity index is 512. The van der Waals surface area contributed by atoms with Crippen molar-refractivity contribution < 1.29 is 9.90 Å². The van der Waals surface area contributed by atoms with Crippen molar-refractivity contribution in [2.24, 2.45) is 5.92 Å². The number of aryl methyl sites for hydroxylation is 2. The van der Waals surface area contributed by atoms with Gasteiger partial charge in [0.25, 0.3) is 5.91 Å². The first kappa shape index (κ1) is 13.6. The van der Waals surface area contributed by atoms with Crippen LogP contribution in [0.5, 0.6) is 0 Å². The molecule has 0 aromatic heterocycles. The second-order valence-electron chi connectivity index (χ2n) is 6.28. The Labute approximate surface area is 120 Å². The number of likely N-dealkylation sites (tertiary alicyclic amines) is 1. The number of carbonyl (C=O) groups is 1. The average molecular weight is 273 g/mol. The van der Waals surface area contributed by atoms with Crippen molar-refractivity contribution in [2.75, 3.05) is 13.1 Å². The first-order chi connectivity index (χ1) is 9.65. The summed E-state index contributed by atoms with van der Waals surface area (Å²) in [4.78, 5) is 14.4. The van der Waals surface area contributed by atoms with Crippen LogP contribution in [0.2, 0.25) is 0 Å². The Morgan fingerprint density at radius 1 is 1.25 bits per heavy atom. The molecule has 1 heterocycles. The third kappa shape index (κ3) is 2.59. The number of nitrogens with zero attached hydrogens (tertiary/aromatic N) is 1. The Morgan fingerprint density at radius 3 is 2.75 bits per heavy atom. The van der Waals surface area contributed by atoms with Gasteiger partial charge in [0.15, 0.2) is 0 Å². The van der Waals surface area contributed by atoms with Crippen molar-refractivity contribution in [3.8, 4) is 0 Å². The molecule has 20 heavy (non-hydrogen) atoms. The predicted octanol–water partition coefficient (Wildman–Crippen LogP) is 2.41. The molecule has 0 saturated carbocycles. The Kier molecular flexibility index (Phi) is 3.79. The summed E-state index contributed by atoms with van der Waals surface area (Å²) in [6, 6.07) is 6.14. The van der Waals surface area contributed by atoms with Crippen LogP contribution in [0.1, 0.15) is 47.7 Å². The van der Waals surface area contributed by atoms with E-state index in [9.17, 15) is 9.90 Å². The van der Waals surface area contributed by atoms with E-state index in [1.54, 1.807) is 4.90 Å². The summed E-state index contributed by atoms with van der Waals surface area (Å²) in [5, 5.41) is 9.94. The highest BCUT2D eigenvalue weighted by Crippen LogP contribution is 2.24. The van der Waals surface area contributed by atoms with Crippen LogP contribution in [0.25, 0.3) is 0 Å². The second kappa shape index (κ2) is 5.57. The fraction of sp³-hybridized carbons (Fsp3) is 0.588. The Balaban J connectivity index is 1.77. The van der Waals surface area contributed by atoms with Gasteiger partial charge in [0.1, 0.15) is 0 Å². The number of hydrogen-bond acceptors (Lipinski definition) is 2. The number of amides is 1. The number of aliphatic hydroxyl groups is 1. The van der Waals surface area contributed by atoms with Gasteiger partial charge in [-0.3, -0.25) is 4.79 Å². The molecule has 2 aliphatic rings. The Hall–Kier alpha value is -1.35. The molecule has 108 valence electrons. The summed E-state index contributed by atoms with van der Waals surface area (Å²) < 4.78 is 0. The summed E-state index contributed by atoms with van der Waals surface area (Å²) in [6.07, 6.45) is 5.23. The lowest BCUT2D eigenvalue weighted by Crippen LogP contribution is -2.45. The molecule has 2 atom stereocenters. The van der Waals surface area contributed by atoms with Crippen molar-refractivity contribution in [1.82, 2.24) is 4.90 Å². The number of fused-ring (bicyclic) bond motifs is 1. The van der Waals surface area contributed by atoms with E-state index in [1.165, 1.54) is 24.0 Å². The molecular weight excluding hydrogens is 250 g/mol. The normalized spacial score (nSPS) is 26.2. The molecule has 2 unspecified atom stereocenters. The van der Waals surface area contributed by atoms with Crippen LogP contribution >= 0.6 is 0 Å². The molecule has 3 rings (SSSR count). The van der Waals surface area contributed by atoms with Crippen LogP contribution in [-0.4, -0.2) is 35.1 Å². The van der Waals surface area contributed by atoms with Gasteiger partial charge in [0, 0.05) is 18.7 Å². The Morgan fingerprint density at radius 2 is 2.00 bits per heavy atom. The molecule has 1 N–H and O–H groups in total. The molecule has 1 fully saturated rings. The SMILES string of the molecule is CC1CCN(C(=O)c2ccc3c(c2)CCCC3)CC1O. The van der Waals surface area contributed by atoms with Gasteiger partial charge in [0.05, 0.1) is 6.10 Å². The zero-order chi connectivity index (χ0) is 14.1. The highest BCUT2D eigenvalue weighted by Gasteiger charge is 2.28. The molecule has 0 radical (unpaired) electrons. The van der Waals surface area contributed by atoms with Crippen LogP contribution in [0, 0.1) is 5.92 Å². The lowest BCUT2D eigenvalue weighted by atomic mass is 9.90. The summed E-state index contributed by atoms with van der Waals surface area (Å²) in [7, 11) is 0. The van der Waals surface area contributed by atoms with Crippen LogP contribution in [0.3, 0.4) is 0 Å². The van der Waals surface area contributed by atoms with Gasteiger partial charge in [0.2, 0.25) is 0 Å².